The quantitative estimate of drug-likeness (QED) is 0.881. The van der Waals surface area contributed by atoms with Crippen molar-refractivity contribution in [3.63, 3.8) is 0 Å². The minimum Gasteiger partial charge on any atom is -0.389 e. The molecule has 2 heterocycles. The number of fused-ring (bicyclic) bond motifs is 1. The minimum absolute atomic E-state index is 0.430. The number of hydrogen-bond donors (Lipinski definition) is 1. The molecule has 1 N–H and O–H groups in total. The van der Waals surface area contributed by atoms with Gasteiger partial charge in [0.2, 0.25) is 0 Å². The Hall–Kier alpha value is -0.580. The first-order chi connectivity index (χ1) is 10.1. The summed E-state index contributed by atoms with van der Waals surface area (Å²) in [4.78, 5) is 5.20. The van der Waals surface area contributed by atoms with E-state index in [-0.39, 0.29) is 0 Å². The molecule has 3 unspecified atom stereocenters. The lowest BCUT2D eigenvalue weighted by Gasteiger charge is -2.48. The molecule has 0 spiro atoms. The van der Waals surface area contributed by atoms with E-state index in [1.54, 1.807) is 0 Å². The average molecular weight is 353 g/mol. The maximum atomic E-state index is 9.76. The van der Waals surface area contributed by atoms with Gasteiger partial charge in [-0.15, -0.1) is 0 Å². The minimum atomic E-state index is -0.430. The van der Waals surface area contributed by atoms with Gasteiger partial charge in [-0.2, -0.15) is 0 Å². The van der Waals surface area contributed by atoms with Gasteiger partial charge in [-0.05, 0) is 50.9 Å². The van der Waals surface area contributed by atoms with Crippen molar-refractivity contribution in [3.05, 3.63) is 28.2 Å². The van der Waals surface area contributed by atoms with Gasteiger partial charge in [-0.1, -0.05) is 28.4 Å². The van der Waals surface area contributed by atoms with Gasteiger partial charge in [0.15, 0.2) is 0 Å². The van der Waals surface area contributed by atoms with Crippen LogP contribution in [0, 0.1) is 0 Å². The van der Waals surface area contributed by atoms with Gasteiger partial charge in [0.1, 0.15) is 0 Å². The number of benzene rings is 1. The molecule has 2 aliphatic rings. The summed E-state index contributed by atoms with van der Waals surface area (Å²) in [5.41, 5.74) is 2.23. The topological polar surface area (TPSA) is 26.7 Å². The third kappa shape index (κ3) is 3.13. The van der Waals surface area contributed by atoms with Crippen LogP contribution in [0.2, 0.25) is 0 Å². The highest BCUT2D eigenvalue weighted by Gasteiger charge is 2.33. The van der Waals surface area contributed by atoms with Gasteiger partial charge >= 0.3 is 0 Å². The van der Waals surface area contributed by atoms with Crippen LogP contribution in [0.15, 0.2) is 22.7 Å². The molecule has 2 aliphatic heterocycles. The second kappa shape index (κ2) is 6.27. The number of anilines is 1. The Balaban J connectivity index is 1.81. The number of hydrogen-bond acceptors (Lipinski definition) is 3. The summed E-state index contributed by atoms with van der Waals surface area (Å²) < 4.78 is 1.01. The third-order valence-electron chi connectivity index (χ3n) is 4.95. The summed E-state index contributed by atoms with van der Waals surface area (Å²) >= 11 is 3.61. The number of rotatable bonds is 2. The van der Waals surface area contributed by atoms with Crippen LogP contribution in [0.25, 0.3) is 0 Å². The Labute approximate surface area is 136 Å². The fourth-order valence-electron chi connectivity index (χ4n) is 3.75. The molecular weight excluding hydrogens is 328 g/mol. The van der Waals surface area contributed by atoms with Gasteiger partial charge in [-0.25, -0.2) is 0 Å². The molecule has 3 rings (SSSR count). The molecule has 0 bridgehead atoms. The molecular formula is C17H25BrN2O. The van der Waals surface area contributed by atoms with Crippen molar-refractivity contribution in [1.82, 2.24) is 4.90 Å². The highest BCUT2D eigenvalue weighted by Crippen LogP contribution is 2.32. The van der Waals surface area contributed by atoms with E-state index in [1.165, 1.54) is 38.0 Å². The predicted molar refractivity (Wildman–Crippen MR) is 90.8 cm³/mol. The van der Waals surface area contributed by atoms with E-state index in [2.05, 4.69) is 44.8 Å². The molecule has 0 amide bonds. The van der Waals surface area contributed by atoms with Crippen LogP contribution in [-0.4, -0.2) is 41.7 Å². The second-order valence-corrected chi connectivity index (χ2v) is 7.38. The SMILES string of the molecule is CC(O)c1ccc(N2CC3CCCCN3CC2C)cc1Br. The molecule has 1 aromatic rings. The van der Waals surface area contributed by atoms with E-state index in [4.69, 9.17) is 0 Å². The van der Waals surface area contributed by atoms with E-state index in [0.717, 1.165) is 16.6 Å². The fraction of sp³-hybridized carbons (Fsp3) is 0.647. The average Bonchev–Trinajstić information content (AvgIpc) is 2.46. The van der Waals surface area contributed by atoms with Gasteiger partial charge in [0, 0.05) is 35.3 Å². The maximum Gasteiger partial charge on any atom is 0.0772 e. The second-order valence-electron chi connectivity index (χ2n) is 6.53. The van der Waals surface area contributed by atoms with Crippen LogP contribution in [0.5, 0.6) is 0 Å². The molecule has 3 atom stereocenters. The number of halogens is 1. The zero-order chi connectivity index (χ0) is 15.0. The molecule has 3 nitrogen and oxygen atoms in total. The molecule has 0 saturated carbocycles. The summed E-state index contributed by atoms with van der Waals surface area (Å²) in [6, 6.07) is 7.62. The van der Waals surface area contributed by atoms with E-state index in [9.17, 15) is 5.11 Å². The largest absolute Gasteiger partial charge is 0.389 e. The lowest BCUT2D eigenvalue weighted by Crippen LogP contribution is -2.58. The summed E-state index contributed by atoms with van der Waals surface area (Å²) in [6.07, 6.45) is 3.63. The van der Waals surface area contributed by atoms with Crippen molar-refractivity contribution < 1.29 is 5.11 Å². The van der Waals surface area contributed by atoms with Gasteiger partial charge in [0.05, 0.1) is 6.10 Å². The van der Waals surface area contributed by atoms with E-state index < -0.39 is 6.10 Å². The van der Waals surface area contributed by atoms with Crippen LogP contribution in [0.3, 0.4) is 0 Å². The van der Waals surface area contributed by atoms with Crippen molar-refractivity contribution >= 4 is 21.6 Å². The van der Waals surface area contributed by atoms with E-state index in [0.29, 0.717) is 12.1 Å². The lowest BCUT2D eigenvalue weighted by molar-refractivity contribution is 0.115. The monoisotopic (exact) mass is 352 g/mol. The van der Waals surface area contributed by atoms with Gasteiger partial charge in [-0.3, -0.25) is 4.90 Å². The number of piperazine rings is 1. The number of aliphatic hydroxyl groups excluding tert-OH is 1. The van der Waals surface area contributed by atoms with Crippen LogP contribution in [-0.2, 0) is 0 Å². The van der Waals surface area contributed by atoms with Crippen molar-refractivity contribution in [1.29, 1.82) is 0 Å². The van der Waals surface area contributed by atoms with Crippen molar-refractivity contribution in [2.45, 2.75) is 51.3 Å². The van der Waals surface area contributed by atoms with Crippen LogP contribution >= 0.6 is 15.9 Å². The summed E-state index contributed by atoms with van der Waals surface area (Å²) in [7, 11) is 0. The molecule has 21 heavy (non-hydrogen) atoms. The molecule has 2 fully saturated rings. The van der Waals surface area contributed by atoms with Crippen molar-refractivity contribution in [2.24, 2.45) is 0 Å². The van der Waals surface area contributed by atoms with Gasteiger partial charge in [0.25, 0.3) is 0 Å². The summed E-state index contributed by atoms with van der Waals surface area (Å²) in [5.74, 6) is 0. The normalized spacial score (nSPS) is 28.3. The summed E-state index contributed by atoms with van der Waals surface area (Å²) in [5, 5.41) is 9.76. The Morgan fingerprint density at radius 3 is 2.81 bits per heavy atom. The Morgan fingerprint density at radius 2 is 2.10 bits per heavy atom. The van der Waals surface area contributed by atoms with E-state index in [1.807, 2.05) is 13.0 Å². The molecule has 116 valence electrons. The Morgan fingerprint density at radius 1 is 1.29 bits per heavy atom. The Bertz CT molecular complexity index is 506. The first-order valence-electron chi connectivity index (χ1n) is 8.04. The number of piperidine rings is 1. The van der Waals surface area contributed by atoms with Crippen LogP contribution in [0.1, 0.15) is 44.8 Å². The van der Waals surface area contributed by atoms with Crippen LogP contribution in [0.4, 0.5) is 5.69 Å². The zero-order valence-electron chi connectivity index (χ0n) is 12.9. The molecule has 4 heteroatoms. The smallest absolute Gasteiger partial charge is 0.0772 e. The third-order valence-corrected chi connectivity index (χ3v) is 5.64. The number of aliphatic hydroxyl groups is 1. The van der Waals surface area contributed by atoms with E-state index >= 15 is 0 Å². The highest BCUT2D eigenvalue weighted by molar-refractivity contribution is 9.10. The molecule has 0 aliphatic carbocycles. The molecule has 2 saturated heterocycles. The zero-order valence-corrected chi connectivity index (χ0v) is 14.5. The fourth-order valence-corrected chi connectivity index (χ4v) is 4.44. The first kappa shape index (κ1) is 15.3. The van der Waals surface area contributed by atoms with Crippen molar-refractivity contribution in [2.75, 3.05) is 24.5 Å². The molecule has 1 aromatic carbocycles. The number of nitrogens with zero attached hydrogens (tertiary/aromatic N) is 2. The standard InChI is InChI=1S/C17H25BrN2O/c1-12-10-19-8-4-3-5-15(19)11-20(12)14-6-7-16(13(2)21)17(18)9-14/h6-7,9,12-13,15,21H,3-5,8,10-11H2,1-2H3. The maximum absolute atomic E-state index is 9.76. The molecule has 0 radical (unpaired) electrons. The predicted octanol–water partition coefficient (Wildman–Crippen LogP) is 3.57. The van der Waals surface area contributed by atoms with Crippen molar-refractivity contribution in [3.8, 4) is 0 Å². The molecule has 0 aromatic heterocycles. The first-order valence-corrected chi connectivity index (χ1v) is 8.84. The van der Waals surface area contributed by atoms with Gasteiger partial charge < -0.3 is 10.0 Å². The lowest BCUT2D eigenvalue weighted by atomic mass is 9.96. The summed E-state index contributed by atoms with van der Waals surface area (Å²) in [6.45, 7) is 7.69. The Kier molecular flexibility index (Phi) is 4.57. The highest BCUT2D eigenvalue weighted by atomic mass is 79.9. The van der Waals surface area contributed by atoms with Crippen LogP contribution < -0.4 is 4.90 Å².